The normalized spacial score (nSPS) is 18.9. The van der Waals surface area contributed by atoms with Gasteiger partial charge in [-0.1, -0.05) is 60.7 Å². The van der Waals surface area contributed by atoms with Crippen molar-refractivity contribution in [2.24, 2.45) is 5.92 Å². The number of aliphatic hydroxyl groups is 1. The Balaban J connectivity index is 1.39. The van der Waals surface area contributed by atoms with E-state index in [4.69, 9.17) is 14.2 Å². The largest absolute Gasteiger partial charge is 0.491 e. The van der Waals surface area contributed by atoms with Crippen LogP contribution in [0.4, 0.5) is 13.2 Å². The summed E-state index contributed by atoms with van der Waals surface area (Å²) in [6.45, 7) is -0.208. The standard InChI is InChI=1S/C31H29F3O6/c32-31(33,34)25-7-4-8-27(19-25)39-20-26(35)15-13-23-14-16-29(36)38-18-17-28(23)40-30(37)24-11-9-22(10-12-24)21-5-2-1-3-6-21/h1-13,15,19,23,26,28,35H,14,16-18,20H2. The van der Waals surface area contributed by atoms with Crippen LogP contribution in [0.3, 0.4) is 0 Å². The number of ether oxygens (including phenoxy) is 3. The van der Waals surface area contributed by atoms with E-state index in [9.17, 15) is 27.9 Å². The van der Waals surface area contributed by atoms with Gasteiger partial charge in [-0.25, -0.2) is 4.79 Å². The average Bonchev–Trinajstić information content (AvgIpc) is 2.95. The molecule has 40 heavy (non-hydrogen) atoms. The maximum absolute atomic E-state index is 13.0. The topological polar surface area (TPSA) is 82.1 Å². The summed E-state index contributed by atoms with van der Waals surface area (Å²) in [6, 6.07) is 21.2. The molecule has 6 nitrogen and oxygen atoms in total. The molecule has 1 fully saturated rings. The molecule has 0 aromatic heterocycles. The van der Waals surface area contributed by atoms with E-state index < -0.39 is 35.8 Å². The van der Waals surface area contributed by atoms with Gasteiger partial charge in [0.15, 0.2) is 0 Å². The number of hydrogen-bond acceptors (Lipinski definition) is 6. The lowest BCUT2D eigenvalue weighted by molar-refractivity contribution is -0.146. The smallest absolute Gasteiger partial charge is 0.416 e. The average molecular weight is 555 g/mol. The first-order valence-corrected chi connectivity index (χ1v) is 12.9. The molecule has 0 radical (unpaired) electrons. The number of carbonyl (C=O) groups excluding carboxylic acids is 2. The van der Waals surface area contributed by atoms with E-state index in [-0.39, 0.29) is 37.8 Å². The minimum absolute atomic E-state index is 0.0268. The van der Waals surface area contributed by atoms with Crippen LogP contribution in [0.5, 0.6) is 5.75 Å². The summed E-state index contributed by atoms with van der Waals surface area (Å²) in [6.07, 6.45) is -2.50. The van der Waals surface area contributed by atoms with E-state index in [1.54, 1.807) is 18.2 Å². The van der Waals surface area contributed by atoms with Crippen molar-refractivity contribution in [1.29, 1.82) is 0 Å². The van der Waals surface area contributed by atoms with Crippen molar-refractivity contribution in [2.75, 3.05) is 13.2 Å². The van der Waals surface area contributed by atoms with Crippen molar-refractivity contribution in [3.05, 3.63) is 102 Å². The highest BCUT2D eigenvalue weighted by Crippen LogP contribution is 2.31. The molecule has 1 N–H and O–H groups in total. The van der Waals surface area contributed by atoms with Crippen LogP contribution < -0.4 is 4.74 Å². The summed E-state index contributed by atoms with van der Waals surface area (Å²) >= 11 is 0. The van der Waals surface area contributed by atoms with E-state index >= 15 is 0 Å². The van der Waals surface area contributed by atoms with Crippen molar-refractivity contribution in [3.8, 4) is 16.9 Å². The number of aliphatic hydroxyl groups excluding tert-OH is 1. The number of alkyl halides is 3. The second kappa shape index (κ2) is 13.3. The second-order valence-corrected chi connectivity index (χ2v) is 9.39. The van der Waals surface area contributed by atoms with Gasteiger partial charge in [-0.2, -0.15) is 13.2 Å². The number of hydrogen-bond donors (Lipinski definition) is 1. The molecule has 0 saturated carbocycles. The van der Waals surface area contributed by atoms with Gasteiger partial charge in [-0.3, -0.25) is 4.79 Å². The van der Waals surface area contributed by atoms with Crippen LogP contribution in [-0.2, 0) is 20.4 Å². The highest BCUT2D eigenvalue weighted by molar-refractivity contribution is 5.90. The van der Waals surface area contributed by atoms with Gasteiger partial charge >= 0.3 is 18.1 Å². The Bertz CT molecular complexity index is 1300. The molecule has 3 aromatic carbocycles. The van der Waals surface area contributed by atoms with Crippen LogP contribution in [0.25, 0.3) is 11.1 Å². The summed E-state index contributed by atoms with van der Waals surface area (Å²) in [7, 11) is 0. The molecular weight excluding hydrogens is 525 g/mol. The number of benzene rings is 3. The maximum Gasteiger partial charge on any atom is 0.416 e. The van der Waals surface area contributed by atoms with Crippen LogP contribution in [0.1, 0.15) is 35.2 Å². The van der Waals surface area contributed by atoms with Crippen LogP contribution in [0.2, 0.25) is 0 Å². The van der Waals surface area contributed by atoms with E-state index in [1.807, 2.05) is 42.5 Å². The predicted octanol–water partition coefficient (Wildman–Crippen LogP) is 6.24. The van der Waals surface area contributed by atoms with E-state index in [0.717, 1.165) is 23.3 Å². The highest BCUT2D eigenvalue weighted by atomic mass is 19.4. The molecule has 0 bridgehead atoms. The molecule has 0 spiro atoms. The lowest BCUT2D eigenvalue weighted by atomic mass is 9.92. The molecule has 1 saturated heterocycles. The third-order valence-electron chi connectivity index (χ3n) is 6.47. The van der Waals surface area contributed by atoms with E-state index in [2.05, 4.69) is 0 Å². The zero-order valence-electron chi connectivity index (χ0n) is 21.6. The van der Waals surface area contributed by atoms with Gasteiger partial charge in [-0.05, 0) is 47.9 Å². The fourth-order valence-electron chi connectivity index (χ4n) is 4.32. The van der Waals surface area contributed by atoms with Gasteiger partial charge in [0.2, 0.25) is 0 Å². The number of rotatable bonds is 8. The van der Waals surface area contributed by atoms with E-state index in [1.165, 1.54) is 18.2 Å². The predicted molar refractivity (Wildman–Crippen MR) is 141 cm³/mol. The summed E-state index contributed by atoms with van der Waals surface area (Å²) in [5, 5.41) is 10.4. The Hall–Kier alpha value is -4.11. The molecular formula is C31H29F3O6. The minimum Gasteiger partial charge on any atom is -0.491 e. The zero-order chi connectivity index (χ0) is 28.5. The van der Waals surface area contributed by atoms with Gasteiger partial charge in [0, 0.05) is 18.8 Å². The molecule has 210 valence electrons. The highest BCUT2D eigenvalue weighted by Gasteiger charge is 2.31. The number of halogens is 3. The number of cyclic esters (lactones) is 1. The van der Waals surface area contributed by atoms with Crippen LogP contribution in [0.15, 0.2) is 91.0 Å². The first kappa shape index (κ1) is 28.9. The maximum atomic E-state index is 13.0. The molecule has 1 aliphatic heterocycles. The number of esters is 2. The zero-order valence-corrected chi connectivity index (χ0v) is 21.6. The molecule has 3 aromatic rings. The minimum atomic E-state index is -4.51. The van der Waals surface area contributed by atoms with Gasteiger partial charge in [-0.15, -0.1) is 0 Å². The summed E-state index contributed by atoms with van der Waals surface area (Å²) in [5.41, 5.74) is 1.49. The Morgan fingerprint density at radius 3 is 2.45 bits per heavy atom. The fourth-order valence-corrected chi connectivity index (χ4v) is 4.32. The molecule has 3 atom stereocenters. The first-order chi connectivity index (χ1) is 19.2. The van der Waals surface area contributed by atoms with Gasteiger partial charge in [0.05, 0.1) is 17.7 Å². The fraction of sp³-hybridized carbons (Fsp3) is 0.290. The summed E-state index contributed by atoms with van der Waals surface area (Å²) in [5.74, 6) is -1.32. The molecule has 1 aliphatic rings. The van der Waals surface area contributed by atoms with Crippen LogP contribution >= 0.6 is 0 Å². The number of carbonyl (C=O) groups is 2. The van der Waals surface area contributed by atoms with Crippen molar-refractivity contribution < 1.29 is 42.1 Å². The Labute approximate surface area is 230 Å². The second-order valence-electron chi connectivity index (χ2n) is 9.39. The van der Waals surface area contributed by atoms with E-state index in [0.29, 0.717) is 12.0 Å². The lowest BCUT2D eigenvalue weighted by Crippen LogP contribution is -2.31. The summed E-state index contributed by atoms with van der Waals surface area (Å²) in [4.78, 5) is 24.8. The first-order valence-electron chi connectivity index (χ1n) is 12.9. The quantitative estimate of drug-likeness (QED) is 0.262. The lowest BCUT2D eigenvalue weighted by Gasteiger charge is -2.27. The van der Waals surface area contributed by atoms with Crippen LogP contribution in [0, 0.1) is 5.92 Å². The summed E-state index contributed by atoms with van der Waals surface area (Å²) < 4.78 is 55.1. The molecule has 0 aliphatic carbocycles. The molecule has 9 heteroatoms. The molecule has 0 amide bonds. The monoisotopic (exact) mass is 554 g/mol. The Kier molecular flexibility index (Phi) is 9.60. The molecule has 3 unspecified atom stereocenters. The molecule has 4 rings (SSSR count). The Morgan fingerprint density at radius 2 is 1.73 bits per heavy atom. The SMILES string of the molecule is O=C1CCC(C=CC(O)COc2cccc(C(F)(F)F)c2)C(OC(=O)c2ccc(-c3ccccc3)cc2)CCO1. The third-order valence-corrected chi connectivity index (χ3v) is 6.47. The van der Waals surface area contributed by atoms with Crippen LogP contribution in [-0.4, -0.2) is 42.5 Å². The van der Waals surface area contributed by atoms with Gasteiger partial charge in [0.1, 0.15) is 24.6 Å². The third kappa shape index (κ3) is 8.19. The van der Waals surface area contributed by atoms with Crippen molar-refractivity contribution in [3.63, 3.8) is 0 Å². The van der Waals surface area contributed by atoms with Crippen molar-refractivity contribution in [1.82, 2.24) is 0 Å². The Morgan fingerprint density at radius 1 is 1.00 bits per heavy atom. The van der Waals surface area contributed by atoms with Gasteiger partial charge < -0.3 is 19.3 Å². The van der Waals surface area contributed by atoms with Crippen molar-refractivity contribution >= 4 is 11.9 Å². The molecule has 1 heterocycles. The van der Waals surface area contributed by atoms with Crippen molar-refractivity contribution in [2.45, 2.75) is 37.6 Å². The van der Waals surface area contributed by atoms with Gasteiger partial charge in [0.25, 0.3) is 0 Å².